The van der Waals surface area contributed by atoms with Crippen LogP contribution in [0, 0.1) is 12.7 Å². The van der Waals surface area contributed by atoms with Crippen molar-refractivity contribution in [3.8, 4) is 11.5 Å². The van der Waals surface area contributed by atoms with Crippen molar-refractivity contribution < 1.29 is 27.3 Å². The van der Waals surface area contributed by atoms with E-state index in [2.05, 4.69) is 25.3 Å². The number of oxazole rings is 1. The van der Waals surface area contributed by atoms with Crippen LogP contribution < -0.4 is 20.3 Å². The van der Waals surface area contributed by atoms with Crippen molar-refractivity contribution in [3.05, 3.63) is 76.9 Å². The van der Waals surface area contributed by atoms with Crippen LogP contribution in [0.1, 0.15) is 60.9 Å². The van der Waals surface area contributed by atoms with Crippen molar-refractivity contribution in [1.29, 1.82) is 0 Å². The Morgan fingerprint density at radius 1 is 1.14 bits per heavy atom. The summed E-state index contributed by atoms with van der Waals surface area (Å²) in [6.45, 7) is 10.0. The fourth-order valence-electron chi connectivity index (χ4n) is 4.83. The Labute approximate surface area is 252 Å². The molecule has 3 atom stereocenters. The summed E-state index contributed by atoms with van der Waals surface area (Å²) in [5.41, 5.74) is 1.59. The van der Waals surface area contributed by atoms with Gasteiger partial charge in [0.2, 0.25) is 13.3 Å². The molecule has 43 heavy (non-hydrogen) atoms. The molecule has 1 unspecified atom stereocenters. The molecule has 0 aliphatic carbocycles. The number of halogens is 1. The van der Waals surface area contributed by atoms with E-state index < -0.39 is 32.7 Å². The second kappa shape index (κ2) is 13.9. The van der Waals surface area contributed by atoms with Crippen molar-refractivity contribution in [1.82, 2.24) is 30.2 Å². The topological polar surface area (TPSA) is 138 Å². The molecule has 0 bridgehead atoms. The number of aryl methyl sites for hydroxylation is 1. The molecule has 1 aliphatic rings. The molecule has 234 valence electrons. The third-order valence-corrected chi connectivity index (χ3v) is 12.1. The van der Waals surface area contributed by atoms with Gasteiger partial charge in [-0.05, 0) is 50.6 Å². The largest absolute Gasteiger partial charge is 0.441 e. The van der Waals surface area contributed by atoms with Gasteiger partial charge in [0.15, 0.2) is 5.85 Å². The van der Waals surface area contributed by atoms with Crippen LogP contribution in [0.2, 0.25) is 0 Å². The molecule has 3 aromatic rings. The highest BCUT2D eigenvalue weighted by Gasteiger charge is 2.45. The van der Waals surface area contributed by atoms with E-state index in [1.165, 1.54) is 17.0 Å². The minimum absolute atomic E-state index is 0.153. The quantitative estimate of drug-likeness (QED) is 0.176. The molecule has 2 aromatic carbocycles. The molecule has 1 aromatic heterocycles. The number of carbonyl (C=O) groups excluding carboxylic acids is 1. The van der Waals surface area contributed by atoms with E-state index in [0.717, 1.165) is 11.6 Å². The number of hydrogen-bond acceptors (Lipinski definition) is 6. The zero-order chi connectivity index (χ0) is 31.4. The number of nitrogens with one attached hydrogen (secondary N) is 4. The average Bonchev–Trinajstić information content (AvgIpc) is 3.47. The maximum absolute atomic E-state index is 15.6. The van der Waals surface area contributed by atoms with Crippen LogP contribution in [-0.4, -0.2) is 54.6 Å². The monoisotopic (exact) mass is 634 g/mol. The Kier molecular flexibility index (Phi) is 10.8. The lowest BCUT2D eigenvalue weighted by Crippen LogP contribution is -2.30. The third-order valence-electron chi connectivity index (χ3n) is 7.31. The molecule has 1 amide bonds. The predicted molar refractivity (Wildman–Crippen MR) is 165 cm³/mol. The Balaban J connectivity index is 1.53. The van der Waals surface area contributed by atoms with Gasteiger partial charge in [-0.3, -0.25) is 28.6 Å². The van der Waals surface area contributed by atoms with Gasteiger partial charge in [0.05, 0.1) is 11.3 Å². The number of aromatic nitrogens is 1. The second-order valence-corrected chi connectivity index (χ2v) is 14.9. The van der Waals surface area contributed by atoms with E-state index >= 15 is 4.39 Å². The lowest BCUT2D eigenvalue weighted by atomic mass is 10.1. The number of hydrogen-bond donors (Lipinski definition) is 4. The van der Waals surface area contributed by atoms with E-state index in [1.807, 2.05) is 51.1 Å². The number of rotatable bonds is 13. The van der Waals surface area contributed by atoms with Gasteiger partial charge >= 0.3 is 7.67 Å². The van der Waals surface area contributed by atoms with Crippen molar-refractivity contribution in [2.24, 2.45) is 0 Å². The van der Waals surface area contributed by atoms with Crippen LogP contribution in [-0.2, 0) is 20.1 Å². The maximum Gasteiger partial charge on any atom is 0.342 e. The van der Waals surface area contributed by atoms with Gasteiger partial charge in [-0.15, -0.1) is 0 Å². The lowest BCUT2D eigenvalue weighted by Gasteiger charge is -2.31. The molecule has 0 saturated carbocycles. The number of carbonyl (C=O) groups is 1. The van der Waals surface area contributed by atoms with E-state index in [9.17, 15) is 13.9 Å². The van der Waals surface area contributed by atoms with Gasteiger partial charge in [-0.2, -0.15) is 0 Å². The summed E-state index contributed by atoms with van der Waals surface area (Å²) in [5.74, 6) is -1.48. The Hall–Kier alpha value is -2.69. The molecule has 1 fully saturated rings. The fourth-order valence-corrected chi connectivity index (χ4v) is 9.84. The highest BCUT2D eigenvalue weighted by atomic mass is 31.2. The van der Waals surface area contributed by atoms with E-state index in [-0.39, 0.29) is 29.8 Å². The predicted octanol–water partition coefficient (Wildman–Crippen LogP) is 5.61. The first-order valence-corrected chi connectivity index (χ1v) is 17.8. The first kappa shape index (κ1) is 33.2. The maximum atomic E-state index is 15.6. The molecule has 0 spiro atoms. The molecular weight excluding hydrogens is 593 g/mol. The Bertz CT molecular complexity index is 1500. The summed E-state index contributed by atoms with van der Waals surface area (Å²) in [6, 6.07) is 13.1. The van der Waals surface area contributed by atoms with E-state index in [1.54, 1.807) is 20.9 Å². The van der Waals surface area contributed by atoms with E-state index in [0.29, 0.717) is 36.9 Å². The number of amides is 1. The molecular formula is C29H41FN6O5P2. The summed E-state index contributed by atoms with van der Waals surface area (Å²) in [4.78, 5) is 19.2. The van der Waals surface area contributed by atoms with Crippen LogP contribution in [0.15, 0.2) is 52.9 Å². The highest BCUT2D eigenvalue weighted by Crippen LogP contribution is 2.60. The third kappa shape index (κ3) is 7.70. The molecule has 4 N–H and O–H groups in total. The van der Waals surface area contributed by atoms with Gasteiger partial charge in [-0.1, -0.05) is 38.1 Å². The molecule has 0 radical (unpaired) electrons. The van der Waals surface area contributed by atoms with Crippen molar-refractivity contribution in [3.63, 3.8) is 0 Å². The lowest BCUT2D eigenvalue weighted by molar-refractivity contribution is 0.0791. The smallest absolute Gasteiger partial charge is 0.342 e. The number of benzene rings is 2. The average molecular weight is 635 g/mol. The number of likely N-dealkylation sites (N-methyl/N-ethyl adjacent to an activating group) is 1. The Morgan fingerprint density at radius 2 is 1.77 bits per heavy atom. The molecule has 14 heteroatoms. The van der Waals surface area contributed by atoms with Crippen LogP contribution in [0.3, 0.4) is 0 Å². The van der Waals surface area contributed by atoms with Gasteiger partial charge in [0.1, 0.15) is 11.6 Å². The van der Waals surface area contributed by atoms with Gasteiger partial charge in [0, 0.05) is 50.7 Å². The SMILES string of the molecule is CCNP(=O)(NCC)C(OP1(=O)N[C@@H](C)[C@H](C)N1)c1ccc(C(=O)N(C)CCc2nc(-c3ccccc3)oc2C)c(F)c1. The highest BCUT2D eigenvalue weighted by molar-refractivity contribution is 7.61. The van der Waals surface area contributed by atoms with Crippen molar-refractivity contribution in [2.45, 2.75) is 59.0 Å². The van der Waals surface area contributed by atoms with Crippen LogP contribution in [0.25, 0.3) is 11.5 Å². The van der Waals surface area contributed by atoms with E-state index in [4.69, 9.17) is 8.94 Å². The standard InChI is InChI=1S/C29H41FN6O5P2/c1-7-31-42(38,32-8-2)29(41-43(39)34-19(3)20(4)35-43)23-14-15-24(25(30)18-23)28(37)36(6)17-16-26-21(5)40-27(33-26)22-12-10-9-11-13-22/h9-15,18-20,29H,7-8,16-17H2,1-6H3,(H2,31,32,38)(H2,34,35,39)/t19-,20-,29?/m0/s1. The zero-order valence-corrected chi connectivity index (χ0v) is 27.2. The zero-order valence-electron chi connectivity index (χ0n) is 25.4. The summed E-state index contributed by atoms with van der Waals surface area (Å²) in [5, 5.41) is 11.7. The molecule has 4 rings (SSSR count). The Morgan fingerprint density at radius 3 is 2.35 bits per heavy atom. The first-order chi connectivity index (χ1) is 20.4. The van der Waals surface area contributed by atoms with Crippen LogP contribution in [0.4, 0.5) is 4.39 Å². The van der Waals surface area contributed by atoms with Crippen molar-refractivity contribution in [2.75, 3.05) is 26.7 Å². The van der Waals surface area contributed by atoms with Gasteiger partial charge in [-0.25, -0.2) is 19.5 Å². The summed E-state index contributed by atoms with van der Waals surface area (Å²) < 4.78 is 55.0. The van der Waals surface area contributed by atoms with Crippen LogP contribution >= 0.6 is 15.1 Å². The van der Waals surface area contributed by atoms with Crippen LogP contribution in [0.5, 0.6) is 0 Å². The summed E-state index contributed by atoms with van der Waals surface area (Å²) in [7, 11) is -5.63. The minimum Gasteiger partial charge on any atom is -0.441 e. The van der Waals surface area contributed by atoms with Gasteiger partial charge in [0.25, 0.3) is 5.91 Å². The molecule has 1 aliphatic heterocycles. The van der Waals surface area contributed by atoms with Gasteiger partial charge < -0.3 is 9.32 Å². The fraction of sp³-hybridized carbons (Fsp3) is 0.448. The number of nitrogens with zero attached hydrogens (tertiary/aromatic N) is 2. The molecule has 1 saturated heterocycles. The second-order valence-electron chi connectivity index (χ2n) is 10.6. The van der Waals surface area contributed by atoms with Crippen molar-refractivity contribution >= 4 is 21.0 Å². The minimum atomic E-state index is -3.63. The summed E-state index contributed by atoms with van der Waals surface area (Å²) in [6.07, 6.45) is 0.417. The first-order valence-electron chi connectivity index (χ1n) is 14.4. The normalized spacial score (nSPS) is 19.0. The summed E-state index contributed by atoms with van der Waals surface area (Å²) >= 11 is 0. The molecule has 11 nitrogen and oxygen atoms in total. The molecule has 2 heterocycles.